The summed E-state index contributed by atoms with van der Waals surface area (Å²) in [6.45, 7) is 8.05. The monoisotopic (exact) mass is 405 g/mol. The summed E-state index contributed by atoms with van der Waals surface area (Å²) in [6.07, 6.45) is 1.85. The molecule has 0 unspecified atom stereocenters. The van der Waals surface area contributed by atoms with Crippen LogP contribution < -0.4 is 5.46 Å². The van der Waals surface area contributed by atoms with Crippen molar-refractivity contribution in [2.45, 2.75) is 38.9 Å². The van der Waals surface area contributed by atoms with Crippen molar-refractivity contribution in [2.24, 2.45) is 0 Å². The van der Waals surface area contributed by atoms with Crippen molar-refractivity contribution < 1.29 is 23.6 Å². The van der Waals surface area contributed by atoms with Crippen molar-refractivity contribution in [1.82, 2.24) is 4.40 Å². The Morgan fingerprint density at radius 3 is 2.10 bits per heavy atom. The smallest absolute Gasteiger partial charge is 0.465 e. The van der Waals surface area contributed by atoms with E-state index in [2.05, 4.69) is 0 Å². The molecule has 1 saturated heterocycles. The highest BCUT2D eigenvalue weighted by Gasteiger charge is 2.52. The Morgan fingerprint density at radius 2 is 1.50 bits per heavy atom. The summed E-state index contributed by atoms with van der Waals surface area (Å²) >= 11 is 0. The van der Waals surface area contributed by atoms with Crippen molar-refractivity contribution in [3.8, 4) is 0 Å². The number of pyridine rings is 1. The standard InChI is InChI=1S/C23H24BNO5/c1-22(2)23(3,4)30-24(29-22)17-7-6-14-25-18(17)12-13-19(25)20(26)15-8-10-16(11-9-15)21(27)28-5/h6-14H,1-5H3. The number of carbonyl (C=O) groups is 2. The lowest BCUT2D eigenvalue weighted by molar-refractivity contribution is 0.00578. The van der Waals surface area contributed by atoms with Gasteiger partial charge in [0.1, 0.15) is 0 Å². The molecule has 4 rings (SSSR count). The summed E-state index contributed by atoms with van der Waals surface area (Å²) in [5, 5.41) is 0. The first-order valence-electron chi connectivity index (χ1n) is 9.83. The molecule has 0 N–H and O–H groups in total. The van der Waals surface area contributed by atoms with Crippen LogP contribution in [0.2, 0.25) is 0 Å². The van der Waals surface area contributed by atoms with E-state index in [1.54, 1.807) is 30.3 Å². The molecule has 0 atom stereocenters. The van der Waals surface area contributed by atoms with Crippen molar-refractivity contribution in [3.63, 3.8) is 0 Å². The van der Waals surface area contributed by atoms with Crippen molar-refractivity contribution in [3.05, 3.63) is 71.5 Å². The number of benzene rings is 1. The number of ketones is 1. The number of rotatable bonds is 4. The first-order valence-corrected chi connectivity index (χ1v) is 9.83. The number of fused-ring (bicyclic) bond motifs is 1. The Bertz CT molecular complexity index is 1110. The van der Waals surface area contributed by atoms with Gasteiger partial charge in [0, 0.05) is 22.7 Å². The maximum Gasteiger partial charge on any atom is 0.496 e. The minimum absolute atomic E-state index is 0.141. The second-order valence-electron chi connectivity index (χ2n) is 8.42. The van der Waals surface area contributed by atoms with Gasteiger partial charge in [0.15, 0.2) is 0 Å². The maximum atomic E-state index is 13.1. The van der Waals surface area contributed by atoms with Crippen LogP contribution in [0.25, 0.3) is 5.52 Å². The molecular formula is C23H24BNO5. The van der Waals surface area contributed by atoms with E-state index < -0.39 is 24.3 Å². The number of nitrogens with zero attached hydrogens (tertiary/aromatic N) is 1. The van der Waals surface area contributed by atoms with E-state index in [1.165, 1.54) is 7.11 Å². The fourth-order valence-corrected chi connectivity index (χ4v) is 3.54. The summed E-state index contributed by atoms with van der Waals surface area (Å²) in [6, 6.07) is 14.0. The van der Waals surface area contributed by atoms with Gasteiger partial charge in [-0.15, -0.1) is 0 Å². The van der Waals surface area contributed by atoms with Gasteiger partial charge in [-0.2, -0.15) is 0 Å². The average molecular weight is 405 g/mol. The largest absolute Gasteiger partial charge is 0.496 e. The second-order valence-corrected chi connectivity index (χ2v) is 8.42. The molecule has 0 amide bonds. The van der Waals surface area contributed by atoms with Crippen LogP contribution in [0.4, 0.5) is 0 Å². The van der Waals surface area contributed by atoms with Crippen LogP contribution in [-0.4, -0.2) is 41.6 Å². The van der Waals surface area contributed by atoms with Gasteiger partial charge in [0.05, 0.1) is 29.6 Å². The zero-order valence-electron chi connectivity index (χ0n) is 17.8. The molecule has 0 radical (unpaired) electrons. The average Bonchev–Trinajstić information content (AvgIpc) is 3.24. The normalized spacial score (nSPS) is 17.3. The van der Waals surface area contributed by atoms with Crippen LogP contribution in [0.3, 0.4) is 0 Å². The van der Waals surface area contributed by atoms with E-state index in [-0.39, 0.29) is 5.78 Å². The van der Waals surface area contributed by atoms with Crippen molar-refractivity contribution in [2.75, 3.05) is 7.11 Å². The highest BCUT2D eigenvalue weighted by atomic mass is 16.7. The number of ether oxygens (including phenoxy) is 1. The zero-order valence-corrected chi connectivity index (χ0v) is 17.8. The lowest BCUT2D eigenvalue weighted by Gasteiger charge is -2.32. The van der Waals surface area contributed by atoms with E-state index >= 15 is 0 Å². The molecule has 3 heterocycles. The molecule has 1 aliphatic heterocycles. The van der Waals surface area contributed by atoms with Gasteiger partial charge >= 0.3 is 13.1 Å². The van der Waals surface area contributed by atoms with Crippen LogP contribution in [-0.2, 0) is 14.0 Å². The highest BCUT2D eigenvalue weighted by Crippen LogP contribution is 2.36. The molecule has 1 fully saturated rings. The topological polar surface area (TPSA) is 66.2 Å². The fourth-order valence-electron chi connectivity index (χ4n) is 3.54. The summed E-state index contributed by atoms with van der Waals surface area (Å²) in [5.74, 6) is -0.577. The number of carbonyl (C=O) groups excluding carboxylic acids is 2. The van der Waals surface area contributed by atoms with E-state index in [0.29, 0.717) is 16.8 Å². The SMILES string of the molecule is COC(=O)c1ccc(C(=O)c2ccc3c(B4OC(C)(C)C(C)(C)O4)cccn23)cc1. The summed E-state index contributed by atoms with van der Waals surface area (Å²) in [4.78, 5) is 24.7. The Labute approximate surface area is 175 Å². The van der Waals surface area contributed by atoms with E-state index in [1.807, 2.05) is 56.5 Å². The van der Waals surface area contributed by atoms with Crippen LogP contribution in [0.15, 0.2) is 54.7 Å². The van der Waals surface area contributed by atoms with E-state index in [9.17, 15) is 9.59 Å². The first-order chi connectivity index (χ1) is 14.1. The van der Waals surface area contributed by atoms with Gasteiger partial charge in [0.2, 0.25) is 5.78 Å². The third kappa shape index (κ3) is 3.24. The molecule has 154 valence electrons. The Balaban J connectivity index is 1.69. The Morgan fingerprint density at radius 1 is 0.900 bits per heavy atom. The molecule has 0 saturated carbocycles. The predicted molar refractivity (Wildman–Crippen MR) is 114 cm³/mol. The highest BCUT2D eigenvalue weighted by molar-refractivity contribution is 6.64. The first kappa shape index (κ1) is 20.4. The molecular weight excluding hydrogens is 381 g/mol. The lowest BCUT2D eigenvalue weighted by Crippen LogP contribution is -2.41. The fraction of sp³-hybridized carbons (Fsp3) is 0.304. The zero-order chi connectivity index (χ0) is 21.7. The Hall–Kier alpha value is -2.90. The molecule has 7 heteroatoms. The molecule has 0 bridgehead atoms. The third-order valence-corrected chi connectivity index (χ3v) is 6.03. The third-order valence-electron chi connectivity index (χ3n) is 6.03. The van der Waals surface area contributed by atoms with Crippen LogP contribution >= 0.6 is 0 Å². The summed E-state index contributed by atoms with van der Waals surface area (Å²) in [7, 11) is 0.807. The van der Waals surface area contributed by atoms with Gasteiger partial charge in [-0.25, -0.2) is 4.79 Å². The van der Waals surface area contributed by atoms with Gasteiger partial charge in [0.25, 0.3) is 0 Å². The van der Waals surface area contributed by atoms with E-state index in [0.717, 1.165) is 11.0 Å². The number of aromatic nitrogens is 1. The van der Waals surface area contributed by atoms with Crippen LogP contribution in [0.5, 0.6) is 0 Å². The molecule has 0 aliphatic carbocycles. The number of hydrogen-bond donors (Lipinski definition) is 0. The van der Waals surface area contributed by atoms with Gasteiger partial charge in [-0.3, -0.25) is 4.79 Å². The minimum atomic E-state index is -0.518. The molecule has 6 nitrogen and oxygen atoms in total. The Kier molecular flexibility index (Phi) is 4.83. The number of methoxy groups -OCH3 is 1. The van der Waals surface area contributed by atoms with Crippen molar-refractivity contribution >= 4 is 29.9 Å². The summed E-state index contributed by atoms with van der Waals surface area (Å²) < 4.78 is 18.9. The van der Waals surface area contributed by atoms with E-state index in [4.69, 9.17) is 14.0 Å². The predicted octanol–water partition coefficient (Wildman–Crippen LogP) is 3.26. The molecule has 30 heavy (non-hydrogen) atoms. The van der Waals surface area contributed by atoms with Crippen LogP contribution in [0.1, 0.15) is 54.1 Å². The second kappa shape index (κ2) is 7.11. The minimum Gasteiger partial charge on any atom is -0.465 e. The molecule has 3 aromatic rings. The van der Waals surface area contributed by atoms with Gasteiger partial charge in [-0.05, 0) is 58.0 Å². The quantitative estimate of drug-likeness (QED) is 0.379. The number of hydrogen-bond acceptors (Lipinski definition) is 5. The van der Waals surface area contributed by atoms with Crippen molar-refractivity contribution in [1.29, 1.82) is 0 Å². The van der Waals surface area contributed by atoms with Gasteiger partial charge in [-0.1, -0.05) is 18.2 Å². The molecule has 1 aromatic carbocycles. The lowest BCUT2D eigenvalue weighted by atomic mass is 9.79. The van der Waals surface area contributed by atoms with Crippen LogP contribution in [0, 0.1) is 0 Å². The summed E-state index contributed by atoms with van der Waals surface area (Å²) in [5.41, 5.74) is 2.24. The van der Waals surface area contributed by atoms with Gasteiger partial charge < -0.3 is 18.4 Å². The number of esters is 1. The molecule has 1 aliphatic rings. The maximum absolute atomic E-state index is 13.1. The molecule has 0 spiro atoms. The molecule has 2 aromatic heterocycles.